The third-order valence-electron chi connectivity index (χ3n) is 7.09. The second kappa shape index (κ2) is 8.98. The maximum atomic E-state index is 5.03. The number of fused-ring (bicyclic) bond motifs is 1. The summed E-state index contributed by atoms with van der Waals surface area (Å²) in [6.07, 6.45) is 15.8. The van der Waals surface area contributed by atoms with E-state index >= 15 is 0 Å². The van der Waals surface area contributed by atoms with Crippen molar-refractivity contribution in [1.29, 1.82) is 0 Å². The van der Waals surface area contributed by atoms with E-state index in [0.29, 0.717) is 0 Å². The largest absolute Gasteiger partial charge is 0.338 e. The predicted octanol–water partition coefficient (Wildman–Crippen LogP) is 2.86. The van der Waals surface area contributed by atoms with Crippen LogP contribution in [0, 0.1) is 0 Å². The van der Waals surface area contributed by atoms with Gasteiger partial charge in [-0.3, -0.25) is 14.8 Å². The average Bonchev–Trinajstić information content (AvgIpc) is 3.05. The van der Waals surface area contributed by atoms with Gasteiger partial charge in [0.25, 0.3) is 0 Å². The van der Waals surface area contributed by atoms with E-state index in [0.717, 1.165) is 77.1 Å². The highest BCUT2D eigenvalue weighted by molar-refractivity contribution is 5.84. The van der Waals surface area contributed by atoms with Crippen molar-refractivity contribution in [3.8, 4) is 0 Å². The first-order valence-electron chi connectivity index (χ1n) is 11.7. The first-order chi connectivity index (χ1) is 14.7. The van der Waals surface area contributed by atoms with Crippen LogP contribution in [0.15, 0.2) is 35.1 Å². The van der Waals surface area contributed by atoms with E-state index in [9.17, 15) is 0 Å². The lowest BCUT2D eigenvalue weighted by Crippen LogP contribution is -2.52. The summed E-state index contributed by atoms with van der Waals surface area (Å²) in [6, 6.07) is 0.846. The maximum absolute atomic E-state index is 5.03. The van der Waals surface area contributed by atoms with Crippen molar-refractivity contribution >= 4 is 11.7 Å². The van der Waals surface area contributed by atoms with Gasteiger partial charge in [-0.25, -0.2) is 9.97 Å². The molecule has 4 aliphatic rings. The smallest absolute Gasteiger partial charge is 0.225 e. The Morgan fingerprint density at radius 3 is 2.67 bits per heavy atom. The number of anilines is 1. The van der Waals surface area contributed by atoms with Gasteiger partial charge in [-0.1, -0.05) is 18.6 Å². The van der Waals surface area contributed by atoms with Gasteiger partial charge >= 0.3 is 0 Å². The molecule has 1 aliphatic carbocycles. The van der Waals surface area contributed by atoms with Crippen molar-refractivity contribution in [3.63, 3.8) is 0 Å². The lowest BCUT2D eigenvalue weighted by Gasteiger charge is -2.43. The Morgan fingerprint density at radius 1 is 1.03 bits per heavy atom. The quantitative estimate of drug-likeness (QED) is 0.770. The van der Waals surface area contributed by atoms with Gasteiger partial charge in [-0.15, -0.1) is 0 Å². The van der Waals surface area contributed by atoms with E-state index in [2.05, 4.69) is 45.0 Å². The Kier molecular flexibility index (Phi) is 5.95. The van der Waals surface area contributed by atoms with E-state index in [1.807, 2.05) is 6.20 Å². The molecule has 6 nitrogen and oxygen atoms in total. The fourth-order valence-corrected chi connectivity index (χ4v) is 4.88. The van der Waals surface area contributed by atoms with Gasteiger partial charge in [0.05, 0.1) is 5.69 Å². The number of piperazine rings is 1. The summed E-state index contributed by atoms with van der Waals surface area (Å²) in [5.74, 6) is 0.940. The highest BCUT2D eigenvalue weighted by atomic mass is 15.3. The van der Waals surface area contributed by atoms with Crippen LogP contribution in [0.1, 0.15) is 43.9 Å². The normalized spacial score (nSPS) is 23.8. The summed E-state index contributed by atoms with van der Waals surface area (Å²) >= 11 is 0. The van der Waals surface area contributed by atoms with Crippen LogP contribution in [0.25, 0.3) is 0 Å². The Labute approximate surface area is 180 Å². The van der Waals surface area contributed by atoms with Crippen molar-refractivity contribution in [2.24, 2.45) is 4.99 Å². The van der Waals surface area contributed by atoms with Crippen LogP contribution in [-0.2, 0) is 12.8 Å². The number of rotatable bonds is 4. The molecule has 4 heterocycles. The number of hydrogen-bond donors (Lipinski definition) is 0. The van der Waals surface area contributed by atoms with Gasteiger partial charge in [0, 0.05) is 82.8 Å². The molecule has 0 bridgehead atoms. The molecule has 0 N–H and O–H groups in total. The van der Waals surface area contributed by atoms with Crippen molar-refractivity contribution in [3.05, 3.63) is 41.4 Å². The number of hydrogen-bond acceptors (Lipinski definition) is 6. The number of aliphatic imine (C=N–C) groups is 1. The van der Waals surface area contributed by atoms with Crippen molar-refractivity contribution < 1.29 is 0 Å². The van der Waals surface area contributed by atoms with Crippen molar-refractivity contribution in [2.75, 3.05) is 50.7 Å². The van der Waals surface area contributed by atoms with E-state index in [-0.39, 0.29) is 0 Å². The number of allylic oxidation sites excluding steroid dienone is 1. The van der Waals surface area contributed by atoms with Crippen LogP contribution in [-0.4, -0.2) is 77.3 Å². The zero-order valence-electron chi connectivity index (χ0n) is 18.3. The highest BCUT2D eigenvalue weighted by Gasteiger charge is 2.29. The van der Waals surface area contributed by atoms with Gasteiger partial charge in [0.1, 0.15) is 0 Å². The van der Waals surface area contributed by atoms with Gasteiger partial charge in [-0.2, -0.15) is 0 Å². The van der Waals surface area contributed by atoms with Crippen LogP contribution in [0.4, 0.5) is 5.95 Å². The minimum atomic E-state index is 0.846. The molecular weight excluding hydrogens is 372 g/mol. The van der Waals surface area contributed by atoms with Crippen LogP contribution < -0.4 is 4.90 Å². The predicted molar refractivity (Wildman–Crippen MR) is 122 cm³/mol. The molecule has 30 heavy (non-hydrogen) atoms. The van der Waals surface area contributed by atoms with E-state index < -0.39 is 0 Å². The molecule has 6 heteroatoms. The molecule has 2 fully saturated rings. The maximum Gasteiger partial charge on any atom is 0.225 e. The second-order valence-corrected chi connectivity index (χ2v) is 9.20. The molecular formula is C24H34N6. The van der Waals surface area contributed by atoms with Crippen molar-refractivity contribution in [1.82, 2.24) is 19.8 Å². The van der Waals surface area contributed by atoms with E-state index in [1.54, 1.807) is 0 Å². The monoisotopic (exact) mass is 406 g/mol. The summed E-state index contributed by atoms with van der Waals surface area (Å²) in [5.41, 5.74) is 5.06. The Hall–Kier alpha value is -2.05. The highest BCUT2D eigenvalue weighted by Crippen LogP contribution is 2.26. The summed E-state index contributed by atoms with van der Waals surface area (Å²) in [4.78, 5) is 21.9. The number of nitrogens with zero attached hydrogens (tertiary/aromatic N) is 6. The fourth-order valence-electron chi connectivity index (χ4n) is 4.88. The SMILES string of the molecule is CC1=NC=C(CN2CCc3cnc(N4CCN(C5CCC5)CC4)nc3CC2)C=CC1. The van der Waals surface area contributed by atoms with Gasteiger partial charge in [-0.05, 0) is 37.3 Å². The molecule has 1 saturated heterocycles. The van der Waals surface area contributed by atoms with Crippen LogP contribution in [0.3, 0.4) is 0 Å². The lowest BCUT2D eigenvalue weighted by atomic mass is 9.91. The standard InChI is InChI=1S/C24H34N6/c1-19-4-2-5-20(16-25-19)18-28-10-8-21-17-26-24(27-23(21)9-11-28)30-14-12-29(13-15-30)22-6-3-7-22/h2,5,16-17,22H,3-4,6-15,18H2,1H3. The minimum Gasteiger partial charge on any atom is -0.338 e. The zero-order chi connectivity index (χ0) is 20.3. The molecule has 0 unspecified atom stereocenters. The van der Waals surface area contributed by atoms with Gasteiger partial charge < -0.3 is 4.90 Å². The second-order valence-electron chi connectivity index (χ2n) is 9.20. The van der Waals surface area contributed by atoms with E-state index in [4.69, 9.17) is 9.97 Å². The minimum absolute atomic E-state index is 0.846. The molecule has 0 amide bonds. The summed E-state index contributed by atoms with van der Waals surface area (Å²) < 4.78 is 0. The molecule has 160 valence electrons. The van der Waals surface area contributed by atoms with E-state index in [1.165, 1.54) is 41.8 Å². The van der Waals surface area contributed by atoms with Gasteiger partial charge in [0.2, 0.25) is 5.95 Å². The molecule has 1 saturated carbocycles. The molecule has 5 rings (SSSR count). The van der Waals surface area contributed by atoms with Crippen molar-refractivity contribution in [2.45, 2.75) is 51.5 Å². The first kappa shape index (κ1) is 19.9. The van der Waals surface area contributed by atoms with Crippen LogP contribution in [0.2, 0.25) is 0 Å². The third-order valence-corrected chi connectivity index (χ3v) is 7.09. The Morgan fingerprint density at radius 2 is 1.87 bits per heavy atom. The molecule has 3 aliphatic heterocycles. The molecule has 0 aromatic carbocycles. The zero-order valence-corrected chi connectivity index (χ0v) is 18.3. The third kappa shape index (κ3) is 4.49. The first-order valence-corrected chi connectivity index (χ1v) is 11.7. The molecule has 0 atom stereocenters. The average molecular weight is 407 g/mol. The topological polar surface area (TPSA) is 47.9 Å². The molecule has 1 aromatic heterocycles. The fraction of sp³-hybridized carbons (Fsp3) is 0.625. The Balaban J connectivity index is 1.20. The Bertz CT molecular complexity index is 845. The van der Waals surface area contributed by atoms with Crippen LogP contribution >= 0.6 is 0 Å². The molecule has 1 aromatic rings. The number of aromatic nitrogens is 2. The summed E-state index contributed by atoms with van der Waals surface area (Å²) in [7, 11) is 0. The lowest BCUT2D eigenvalue weighted by molar-refractivity contribution is 0.120. The molecule has 0 spiro atoms. The van der Waals surface area contributed by atoms with Crippen LogP contribution in [0.5, 0.6) is 0 Å². The van der Waals surface area contributed by atoms with Gasteiger partial charge in [0.15, 0.2) is 0 Å². The summed E-state index contributed by atoms with van der Waals surface area (Å²) in [6.45, 7) is 9.59. The molecule has 0 radical (unpaired) electrons. The summed E-state index contributed by atoms with van der Waals surface area (Å²) in [5, 5.41) is 0.